The molecule has 3 atom stereocenters. The maximum atomic E-state index is 12.2. The topological polar surface area (TPSA) is 74.6 Å². The van der Waals surface area contributed by atoms with E-state index >= 15 is 0 Å². The largest absolute Gasteiger partial charge is 0.481 e. The third kappa shape index (κ3) is 7.15. The van der Waals surface area contributed by atoms with Crippen LogP contribution in [-0.4, -0.2) is 50.6 Å². The van der Waals surface area contributed by atoms with E-state index < -0.39 is 12.1 Å². The summed E-state index contributed by atoms with van der Waals surface area (Å²) >= 11 is 4.88. The van der Waals surface area contributed by atoms with Crippen molar-refractivity contribution in [2.24, 2.45) is 5.92 Å². The van der Waals surface area contributed by atoms with Crippen LogP contribution in [0.3, 0.4) is 0 Å². The number of thiophene rings is 1. The minimum absolute atomic E-state index is 0.0273. The number of thioether (sulfide) groups is 2. The van der Waals surface area contributed by atoms with Gasteiger partial charge in [-0.3, -0.25) is 9.59 Å². The summed E-state index contributed by atoms with van der Waals surface area (Å²) in [4.78, 5) is 24.0. The Hall–Kier alpha value is -1.28. The molecule has 162 valence electrons. The minimum atomic E-state index is -0.783. The number of allylic oxidation sites excluding steroid dienone is 1. The van der Waals surface area contributed by atoms with Gasteiger partial charge in [-0.25, -0.2) is 0 Å². The zero-order chi connectivity index (χ0) is 21.3. The standard InChI is InChI=1S/C23H28O4S3/c24-18(9-10-19-14-17-4-1-2-5-21(17)30-19)8-6-16-7-11-20(25)23(16)29-13-3-12-28-15-22(26)27/h1-2,4-6,8,14,16,18,23-24H,3,7,9-13,15H2,(H,26,27)/b8-6+/t16?,18-,23?/m1/s1. The van der Waals surface area contributed by atoms with Gasteiger partial charge in [0, 0.05) is 16.0 Å². The summed E-state index contributed by atoms with van der Waals surface area (Å²) in [6.45, 7) is 0. The SMILES string of the molecule is O=C(O)CSCCCSC1C(=O)CCC1/C=C/[C@@H](O)CCc1cc2ccccc2s1. The van der Waals surface area contributed by atoms with Crippen molar-refractivity contribution in [2.75, 3.05) is 17.3 Å². The van der Waals surface area contributed by atoms with E-state index in [1.54, 1.807) is 23.1 Å². The van der Waals surface area contributed by atoms with Gasteiger partial charge in [0.05, 0.1) is 17.1 Å². The van der Waals surface area contributed by atoms with E-state index in [1.165, 1.54) is 26.7 Å². The van der Waals surface area contributed by atoms with E-state index in [9.17, 15) is 14.7 Å². The summed E-state index contributed by atoms with van der Waals surface area (Å²) < 4.78 is 1.28. The molecule has 0 spiro atoms. The molecule has 0 saturated heterocycles. The highest BCUT2D eigenvalue weighted by atomic mass is 32.2. The van der Waals surface area contributed by atoms with Gasteiger partial charge in [0.25, 0.3) is 0 Å². The molecule has 7 heteroatoms. The van der Waals surface area contributed by atoms with E-state index in [-0.39, 0.29) is 16.9 Å². The molecule has 1 saturated carbocycles. The number of hydrogen-bond donors (Lipinski definition) is 2. The van der Waals surface area contributed by atoms with E-state index in [0.29, 0.717) is 18.6 Å². The molecule has 30 heavy (non-hydrogen) atoms. The van der Waals surface area contributed by atoms with Gasteiger partial charge < -0.3 is 10.2 Å². The van der Waals surface area contributed by atoms with Crippen LogP contribution in [0.1, 0.15) is 30.6 Å². The van der Waals surface area contributed by atoms with Crippen molar-refractivity contribution in [3.05, 3.63) is 47.4 Å². The molecule has 2 aromatic rings. The first kappa shape index (κ1) is 23.4. The normalized spacial score (nSPS) is 20.4. The first-order chi connectivity index (χ1) is 14.5. The molecule has 0 radical (unpaired) electrons. The van der Waals surface area contributed by atoms with Crippen LogP contribution in [0.25, 0.3) is 10.1 Å². The third-order valence-electron chi connectivity index (χ3n) is 5.13. The van der Waals surface area contributed by atoms with Crippen LogP contribution in [0.15, 0.2) is 42.5 Å². The van der Waals surface area contributed by atoms with Crippen LogP contribution >= 0.6 is 34.9 Å². The van der Waals surface area contributed by atoms with Crippen molar-refractivity contribution in [2.45, 2.75) is 43.5 Å². The number of carbonyl (C=O) groups is 2. The Morgan fingerprint density at radius 2 is 2.13 bits per heavy atom. The number of rotatable bonds is 12. The minimum Gasteiger partial charge on any atom is -0.481 e. The van der Waals surface area contributed by atoms with Crippen molar-refractivity contribution in [3.8, 4) is 0 Å². The van der Waals surface area contributed by atoms with Gasteiger partial charge in [-0.15, -0.1) is 23.1 Å². The number of aliphatic hydroxyl groups excluding tert-OH is 1. The Labute approximate surface area is 190 Å². The number of ketones is 1. The number of aryl methyl sites for hydroxylation is 1. The monoisotopic (exact) mass is 464 g/mol. The second kappa shape index (κ2) is 11.9. The van der Waals surface area contributed by atoms with Crippen molar-refractivity contribution < 1.29 is 19.8 Å². The highest BCUT2D eigenvalue weighted by Gasteiger charge is 2.33. The van der Waals surface area contributed by atoms with E-state index in [1.807, 2.05) is 24.3 Å². The number of benzene rings is 1. The summed E-state index contributed by atoms with van der Waals surface area (Å²) in [6, 6.07) is 10.5. The number of carbonyl (C=O) groups excluding carboxylic acids is 1. The molecule has 1 aliphatic rings. The first-order valence-corrected chi connectivity index (χ1v) is 13.3. The highest BCUT2D eigenvalue weighted by Crippen LogP contribution is 2.34. The Morgan fingerprint density at radius 3 is 2.93 bits per heavy atom. The van der Waals surface area contributed by atoms with Crippen LogP contribution < -0.4 is 0 Å². The molecule has 1 heterocycles. The van der Waals surface area contributed by atoms with Crippen molar-refractivity contribution in [3.63, 3.8) is 0 Å². The van der Waals surface area contributed by atoms with Gasteiger partial charge in [-0.05, 0) is 60.6 Å². The molecule has 0 amide bonds. The summed E-state index contributed by atoms with van der Waals surface area (Å²) in [5.74, 6) is 1.51. The molecule has 1 aliphatic carbocycles. The van der Waals surface area contributed by atoms with Crippen LogP contribution in [0.5, 0.6) is 0 Å². The summed E-state index contributed by atoms with van der Waals surface area (Å²) in [5.41, 5.74) is 0. The lowest BCUT2D eigenvalue weighted by Crippen LogP contribution is -2.17. The lowest BCUT2D eigenvalue weighted by molar-refractivity contribution is -0.133. The van der Waals surface area contributed by atoms with Gasteiger partial charge in [0.2, 0.25) is 0 Å². The van der Waals surface area contributed by atoms with Gasteiger partial charge in [0.1, 0.15) is 5.78 Å². The van der Waals surface area contributed by atoms with Crippen molar-refractivity contribution in [1.29, 1.82) is 0 Å². The fraction of sp³-hybridized carbons (Fsp3) is 0.478. The molecule has 0 bridgehead atoms. The Morgan fingerprint density at radius 1 is 1.30 bits per heavy atom. The van der Waals surface area contributed by atoms with Crippen LogP contribution in [0.4, 0.5) is 0 Å². The fourth-order valence-corrected chi connectivity index (χ4v) is 6.88. The predicted octanol–water partition coefficient (Wildman–Crippen LogP) is 5.04. The molecule has 1 aromatic carbocycles. The lowest BCUT2D eigenvalue weighted by Gasteiger charge is -2.15. The molecule has 2 unspecified atom stereocenters. The van der Waals surface area contributed by atoms with E-state index in [4.69, 9.17) is 5.11 Å². The summed E-state index contributed by atoms with van der Waals surface area (Å²) in [7, 11) is 0. The average Bonchev–Trinajstić information content (AvgIpc) is 3.30. The quantitative estimate of drug-likeness (QED) is 0.339. The number of Topliss-reactive ketones (excluding diaryl/α,β-unsaturated/α-hetero) is 1. The maximum Gasteiger partial charge on any atom is 0.313 e. The third-order valence-corrected chi connectivity index (χ3v) is 8.83. The highest BCUT2D eigenvalue weighted by molar-refractivity contribution is 8.01. The second-order valence-electron chi connectivity index (χ2n) is 7.50. The van der Waals surface area contributed by atoms with Gasteiger partial charge in [-0.2, -0.15) is 11.8 Å². The second-order valence-corrected chi connectivity index (χ2v) is 11.0. The molecular weight excluding hydrogens is 436 g/mol. The Balaban J connectivity index is 1.41. The molecule has 1 fully saturated rings. The molecule has 3 rings (SSSR count). The van der Waals surface area contributed by atoms with E-state index in [0.717, 1.165) is 30.8 Å². The Kier molecular flexibility index (Phi) is 9.30. The Bertz CT molecular complexity index is 843. The number of hydrogen-bond acceptors (Lipinski definition) is 6. The number of aliphatic hydroxyl groups is 1. The molecular formula is C23H28O4S3. The fourth-order valence-electron chi connectivity index (χ4n) is 3.60. The molecule has 4 nitrogen and oxygen atoms in total. The summed E-state index contributed by atoms with van der Waals surface area (Å²) in [6.07, 6.45) is 7.31. The smallest absolute Gasteiger partial charge is 0.313 e. The molecule has 2 N–H and O–H groups in total. The lowest BCUT2D eigenvalue weighted by atomic mass is 10.0. The number of carboxylic acid groups (broad SMARTS) is 1. The maximum absolute atomic E-state index is 12.2. The van der Waals surface area contributed by atoms with Gasteiger partial charge in [-0.1, -0.05) is 30.4 Å². The van der Waals surface area contributed by atoms with Gasteiger partial charge >= 0.3 is 5.97 Å². The zero-order valence-electron chi connectivity index (χ0n) is 16.9. The average molecular weight is 465 g/mol. The molecule has 1 aromatic heterocycles. The predicted molar refractivity (Wildman–Crippen MR) is 129 cm³/mol. The number of aliphatic carboxylic acids is 1. The number of fused-ring (bicyclic) bond motifs is 1. The zero-order valence-corrected chi connectivity index (χ0v) is 19.3. The first-order valence-electron chi connectivity index (χ1n) is 10.3. The van der Waals surface area contributed by atoms with E-state index in [2.05, 4.69) is 18.2 Å². The van der Waals surface area contributed by atoms with Crippen molar-refractivity contribution in [1.82, 2.24) is 0 Å². The van der Waals surface area contributed by atoms with Crippen LogP contribution in [-0.2, 0) is 16.0 Å². The summed E-state index contributed by atoms with van der Waals surface area (Å²) in [5, 5.41) is 20.3. The van der Waals surface area contributed by atoms with Crippen molar-refractivity contribution >= 4 is 56.7 Å². The van der Waals surface area contributed by atoms with Gasteiger partial charge in [0.15, 0.2) is 0 Å². The molecule has 0 aliphatic heterocycles. The number of carboxylic acids is 1. The van der Waals surface area contributed by atoms with Crippen LogP contribution in [0, 0.1) is 5.92 Å². The van der Waals surface area contributed by atoms with Crippen LogP contribution in [0.2, 0.25) is 0 Å².